The van der Waals surface area contributed by atoms with E-state index in [4.69, 9.17) is 4.74 Å². The van der Waals surface area contributed by atoms with E-state index in [1.165, 1.54) is 23.1 Å². The second-order valence-electron chi connectivity index (χ2n) is 4.02. The fourth-order valence-electron chi connectivity index (χ4n) is 1.74. The summed E-state index contributed by atoms with van der Waals surface area (Å²) in [6.45, 7) is 1.94. The van der Waals surface area contributed by atoms with Crippen LogP contribution >= 0.6 is 23.1 Å². The third-order valence-corrected chi connectivity index (χ3v) is 4.51. The number of methoxy groups -OCH3 is 1. The molecular formula is C13H15N3O2S2. The molecule has 0 saturated carbocycles. The highest BCUT2D eigenvalue weighted by Gasteiger charge is 2.14. The van der Waals surface area contributed by atoms with E-state index in [9.17, 15) is 4.79 Å². The average molecular weight is 309 g/mol. The van der Waals surface area contributed by atoms with Gasteiger partial charge < -0.3 is 10.1 Å². The number of nitrogens with zero attached hydrogens (tertiary/aromatic N) is 2. The maximum Gasteiger partial charge on any atom is 0.230 e. The minimum absolute atomic E-state index is 0.0383. The predicted octanol–water partition coefficient (Wildman–Crippen LogP) is 2.52. The van der Waals surface area contributed by atoms with E-state index in [1.807, 2.05) is 31.2 Å². The lowest BCUT2D eigenvalue weighted by molar-refractivity contribution is -0.119. The molecule has 106 valence electrons. The van der Waals surface area contributed by atoms with Crippen molar-refractivity contribution in [2.45, 2.75) is 17.3 Å². The van der Waals surface area contributed by atoms with Gasteiger partial charge >= 0.3 is 0 Å². The van der Waals surface area contributed by atoms with Crippen molar-refractivity contribution in [2.24, 2.45) is 0 Å². The van der Waals surface area contributed by atoms with Crippen molar-refractivity contribution in [3.8, 4) is 5.75 Å². The van der Waals surface area contributed by atoms with E-state index in [0.717, 1.165) is 15.7 Å². The first-order valence-corrected chi connectivity index (χ1v) is 7.88. The summed E-state index contributed by atoms with van der Waals surface area (Å²) < 4.78 is 6.09. The number of hydrogen-bond donors (Lipinski definition) is 1. The molecule has 1 atom stereocenters. The average Bonchev–Trinajstić information content (AvgIpc) is 2.98. The second kappa shape index (κ2) is 7.25. The molecule has 2 rings (SSSR count). The second-order valence-corrected chi connectivity index (χ2v) is 6.08. The lowest BCUT2D eigenvalue weighted by Crippen LogP contribution is -2.28. The number of thioether (sulfide) groups is 1. The number of amides is 1. The van der Waals surface area contributed by atoms with Crippen LogP contribution in [0, 0.1) is 0 Å². The minimum Gasteiger partial charge on any atom is -0.496 e. The lowest BCUT2D eigenvalue weighted by atomic mass is 10.1. The van der Waals surface area contributed by atoms with Crippen LogP contribution in [0.4, 0.5) is 0 Å². The Kier molecular flexibility index (Phi) is 5.37. The third kappa shape index (κ3) is 3.94. The molecule has 1 N–H and O–H groups in total. The zero-order chi connectivity index (χ0) is 14.4. The van der Waals surface area contributed by atoms with E-state index in [0.29, 0.717) is 5.75 Å². The molecule has 2 aromatic rings. The van der Waals surface area contributed by atoms with E-state index in [1.54, 1.807) is 12.6 Å². The van der Waals surface area contributed by atoms with Crippen LogP contribution < -0.4 is 10.1 Å². The summed E-state index contributed by atoms with van der Waals surface area (Å²) in [5.74, 6) is 1.06. The minimum atomic E-state index is -0.103. The molecular weight excluding hydrogens is 294 g/mol. The van der Waals surface area contributed by atoms with Crippen LogP contribution in [0.3, 0.4) is 0 Å². The van der Waals surface area contributed by atoms with Crippen molar-refractivity contribution >= 4 is 29.0 Å². The van der Waals surface area contributed by atoms with Crippen molar-refractivity contribution in [1.82, 2.24) is 15.5 Å². The molecule has 1 aromatic heterocycles. The number of hydrogen-bond acceptors (Lipinski definition) is 6. The fourth-order valence-corrected chi connectivity index (χ4v) is 3.04. The first-order valence-electron chi connectivity index (χ1n) is 6.02. The van der Waals surface area contributed by atoms with Crippen molar-refractivity contribution in [3.63, 3.8) is 0 Å². The smallest absolute Gasteiger partial charge is 0.230 e. The van der Waals surface area contributed by atoms with Crippen LogP contribution in [-0.2, 0) is 4.79 Å². The van der Waals surface area contributed by atoms with Gasteiger partial charge in [0.2, 0.25) is 5.91 Å². The van der Waals surface area contributed by atoms with Crippen molar-refractivity contribution < 1.29 is 9.53 Å². The number of rotatable bonds is 6. The number of para-hydroxylation sites is 1. The first-order chi connectivity index (χ1) is 9.70. The quantitative estimate of drug-likeness (QED) is 0.831. The van der Waals surface area contributed by atoms with Gasteiger partial charge in [0.25, 0.3) is 0 Å². The van der Waals surface area contributed by atoms with Gasteiger partial charge in [-0.3, -0.25) is 4.79 Å². The number of nitrogens with one attached hydrogen (secondary N) is 1. The Morgan fingerprint density at radius 2 is 2.30 bits per heavy atom. The van der Waals surface area contributed by atoms with Gasteiger partial charge in [0.15, 0.2) is 4.34 Å². The summed E-state index contributed by atoms with van der Waals surface area (Å²) in [7, 11) is 1.62. The summed E-state index contributed by atoms with van der Waals surface area (Å²) in [6.07, 6.45) is 0. The monoisotopic (exact) mass is 309 g/mol. The molecule has 0 aliphatic carbocycles. The molecule has 0 bridgehead atoms. The summed E-state index contributed by atoms with van der Waals surface area (Å²) in [5, 5.41) is 10.6. The van der Waals surface area contributed by atoms with Gasteiger partial charge in [0, 0.05) is 5.56 Å². The first kappa shape index (κ1) is 14.8. The van der Waals surface area contributed by atoms with Crippen molar-refractivity contribution in [2.75, 3.05) is 12.9 Å². The van der Waals surface area contributed by atoms with Crippen molar-refractivity contribution in [1.29, 1.82) is 0 Å². The van der Waals surface area contributed by atoms with Crippen LogP contribution in [0.5, 0.6) is 5.75 Å². The number of benzene rings is 1. The Morgan fingerprint density at radius 1 is 1.50 bits per heavy atom. The van der Waals surface area contributed by atoms with Gasteiger partial charge in [-0.15, -0.1) is 10.2 Å². The highest BCUT2D eigenvalue weighted by atomic mass is 32.2. The molecule has 0 spiro atoms. The molecule has 1 amide bonds. The normalized spacial score (nSPS) is 11.9. The Labute approximate surface area is 125 Å². The fraction of sp³-hybridized carbons (Fsp3) is 0.308. The Morgan fingerprint density at radius 3 is 3.00 bits per heavy atom. The predicted molar refractivity (Wildman–Crippen MR) is 80.2 cm³/mol. The molecule has 1 heterocycles. The molecule has 0 aliphatic rings. The van der Waals surface area contributed by atoms with E-state index in [-0.39, 0.29) is 11.9 Å². The standard InChI is InChI=1S/C13H15N3O2S2/c1-9(10-5-3-4-6-11(10)18-2)15-12(17)7-19-13-16-14-8-20-13/h3-6,8-9H,7H2,1-2H3,(H,15,17). The summed E-state index contributed by atoms with van der Waals surface area (Å²) in [5.41, 5.74) is 2.61. The van der Waals surface area contributed by atoms with E-state index in [2.05, 4.69) is 15.5 Å². The number of carbonyl (C=O) groups excluding carboxylic acids is 1. The van der Waals surface area contributed by atoms with Crippen LogP contribution in [0.25, 0.3) is 0 Å². The molecule has 20 heavy (non-hydrogen) atoms. The van der Waals surface area contributed by atoms with Gasteiger partial charge in [-0.05, 0) is 13.0 Å². The van der Waals surface area contributed by atoms with Gasteiger partial charge in [0.05, 0.1) is 18.9 Å². The lowest BCUT2D eigenvalue weighted by Gasteiger charge is -2.16. The maximum atomic E-state index is 11.9. The van der Waals surface area contributed by atoms with Crippen LogP contribution in [0.2, 0.25) is 0 Å². The highest BCUT2D eigenvalue weighted by molar-refractivity contribution is 8.01. The molecule has 1 aromatic carbocycles. The highest BCUT2D eigenvalue weighted by Crippen LogP contribution is 2.24. The SMILES string of the molecule is COc1ccccc1C(C)NC(=O)CSc1nncs1. The Balaban J connectivity index is 1.90. The van der Waals surface area contributed by atoms with E-state index >= 15 is 0 Å². The Hall–Kier alpha value is -1.60. The Bertz CT molecular complexity index is 561. The summed E-state index contributed by atoms with van der Waals surface area (Å²) in [4.78, 5) is 11.9. The van der Waals surface area contributed by atoms with Gasteiger partial charge in [-0.1, -0.05) is 41.3 Å². The zero-order valence-electron chi connectivity index (χ0n) is 11.2. The van der Waals surface area contributed by atoms with E-state index < -0.39 is 0 Å². The molecule has 5 nitrogen and oxygen atoms in total. The molecule has 0 aliphatic heterocycles. The molecule has 0 fully saturated rings. The molecule has 0 radical (unpaired) electrons. The maximum absolute atomic E-state index is 11.9. The van der Waals surface area contributed by atoms with Crippen LogP contribution in [0.1, 0.15) is 18.5 Å². The zero-order valence-corrected chi connectivity index (χ0v) is 12.8. The third-order valence-electron chi connectivity index (χ3n) is 2.65. The van der Waals surface area contributed by atoms with Crippen LogP contribution in [0.15, 0.2) is 34.1 Å². The molecule has 0 saturated heterocycles. The van der Waals surface area contributed by atoms with Gasteiger partial charge in [-0.2, -0.15) is 0 Å². The number of carbonyl (C=O) groups is 1. The van der Waals surface area contributed by atoms with Crippen LogP contribution in [-0.4, -0.2) is 29.0 Å². The van der Waals surface area contributed by atoms with Gasteiger partial charge in [0.1, 0.15) is 11.3 Å². The van der Waals surface area contributed by atoms with Crippen molar-refractivity contribution in [3.05, 3.63) is 35.3 Å². The largest absolute Gasteiger partial charge is 0.496 e. The summed E-state index contributed by atoms with van der Waals surface area (Å²) in [6, 6.07) is 7.56. The number of ether oxygens (including phenoxy) is 1. The number of aromatic nitrogens is 2. The topological polar surface area (TPSA) is 64.1 Å². The van der Waals surface area contributed by atoms with Gasteiger partial charge in [-0.25, -0.2) is 0 Å². The molecule has 1 unspecified atom stereocenters. The summed E-state index contributed by atoms with van der Waals surface area (Å²) >= 11 is 2.81. The molecule has 7 heteroatoms.